The van der Waals surface area contributed by atoms with Gasteiger partial charge in [-0.25, -0.2) is 13.4 Å². The Hall–Kier alpha value is -2.12. The van der Waals surface area contributed by atoms with Crippen LogP contribution in [-0.2, 0) is 14.6 Å². The summed E-state index contributed by atoms with van der Waals surface area (Å²) in [5.74, 6) is 0.498. The van der Waals surface area contributed by atoms with Crippen molar-refractivity contribution in [2.24, 2.45) is 0 Å². The quantitative estimate of drug-likeness (QED) is 0.758. The van der Waals surface area contributed by atoms with E-state index in [-0.39, 0.29) is 30.1 Å². The SMILES string of the molecule is CN(C)N(C(=O)COc1ccc2ccccc2c1)[C@@H]1CCS(=O)(=O)C1. The van der Waals surface area contributed by atoms with Gasteiger partial charge in [-0.2, -0.15) is 0 Å². The van der Waals surface area contributed by atoms with Crippen molar-refractivity contribution in [3.63, 3.8) is 0 Å². The fourth-order valence-corrected chi connectivity index (χ4v) is 4.88. The molecule has 3 rings (SSSR count). The van der Waals surface area contributed by atoms with Crippen LogP contribution in [0.4, 0.5) is 0 Å². The van der Waals surface area contributed by atoms with Gasteiger partial charge in [-0.05, 0) is 29.3 Å². The molecule has 25 heavy (non-hydrogen) atoms. The predicted octanol–water partition coefficient (Wildman–Crippen LogP) is 1.71. The van der Waals surface area contributed by atoms with Gasteiger partial charge in [0.05, 0.1) is 17.5 Å². The minimum atomic E-state index is -3.06. The molecule has 0 bridgehead atoms. The summed E-state index contributed by atoms with van der Waals surface area (Å²) in [6, 6.07) is 13.3. The van der Waals surface area contributed by atoms with Gasteiger partial charge >= 0.3 is 0 Å². The van der Waals surface area contributed by atoms with E-state index in [2.05, 4.69) is 0 Å². The number of carbonyl (C=O) groups excluding carboxylic acids is 1. The third-order valence-corrected chi connectivity index (χ3v) is 6.07. The van der Waals surface area contributed by atoms with E-state index in [0.717, 1.165) is 10.8 Å². The maximum atomic E-state index is 12.6. The molecule has 1 heterocycles. The molecule has 2 aromatic rings. The van der Waals surface area contributed by atoms with Crippen molar-refractivity contribution in [1.29, 1.82) is 0 Å². The lowest BCUT2D eigenvalue weighted by molar-refractivity contribution is -0.151. The van der Waals surface area contributed by atoms with Crippen molar-refractivity contribution in [1.82, 2.24) is 10.0 Å². The highest BCUT2D eigenvalue weighted by atomic mass is 32.2. The number of carbonyl (C=O) groups is 1. The first-order valence-electron chi connectivity index (χ1n) is 8.17. The van der Waals surface area contributed by atoms with Crippen molar-refractivity contribution in [2.45, 2.75) is 12.5 Å². The van der Waals surface area contributed by atoms with Crippen LogP contribution in [0.1, 0.15) is 6.42 Å². The summed E-state index contributed by atoms with van der Waals surface area (Å²) in [6.07, 6.45) is 0.461. The maximum Gasteiger partial charge on any atom is 0.275 e. The molecule has 0 unspecified atom stereocenters. The molecule has 0 aromatic heterocycles. The molecular weight excluding hydrogens is 340 g/mol. The van der Waals surface area contributed by atoms with Crippen LogP contribution in [0.25, 0.3) is 10.8 Å². The Morgan fingerprint density at radius 2 is 1.88 bits per heavy atom. The second-order valence-corrected chi connectivity index (χ2v) is 8.67. The minimum Gasteiger partial charge on any atom is -0.484 e. The van der Waals surface area contributed by atoms with Gasteiger partial charge in [0.2, 0.25) is 0 Å². The van der Waals surface area contributed by atoms with Gasteiger partial charge in [-0.3, -0.25) is 9.80 Å². The molecule has 0 aliphatic carbocycles. The van der Waals surface area contributed by atoms with Crippen LogP contribution in [0.15, 0.2) is 42.5 Å². The molecule has 0 N–H and O–H groups in total. The lowest BCUT2D eigenvalue weighted by Crippen LogP contribution is -2.51. The van der Waals surface area contributed by atoms with Crippen LogP contribution in [0.5, 0.6) is 5.75 Å². The summed E-state index contributed by atoms with van der Waals surface area (Å²) in [7, 11) is 0.410. The zero-order chi connectivity index (χ0) is 18.0. The largest absolute Gasteiger partial charge is 0.484 e. The normalized spacial score (nSPS) is 19.2. The number of rotatable bonds is 5. The Kier molecular flexibility index (Phi) is 4.96. The van der Waals surface area contributed by atoms with E-state index in [1.807, 2.05) is 42.5 Å². The van der Waals surface area contributed by atoms with Crippen molar-refractivity contribution in [2.75, 3.05) is 32.2 Å². The van der Waals surface area contributed by atoms with Crippen molar-refractivity contribution in [3.8, 4) is 5.75 Å². The second-order valence-electron chi connectivity index (χ2n) is 6.44. The predicted molar refractivity (Wildman–Crippen MR) is 97.0 cm³/mol. The van der Waals surface area contributed by atoms with Crippen LogP contribution in [0, 0.1) is 0 Å². The van der Waals surface area contributed by atoms with Gasteiger partial charge < -0.3 is 4.74 Å². The van der Waals surface area contributed by atoms with Gasteiger partial charge in [0, 0.05) is 14.1 Å². The zero-order valence-electron chi connectivity index (χ0n) is 14.4. The van der Waals surface area contributed by atoms with Crippen molar-refractivity contribution in [3.05, 3.63) is 42.5 Å². The Bertz CT molecular complexity index is 880. The Balaban J connectivity index is 1.68. The maximum absolute atomic E-state index is 12.6. The molecule has 1 aliphatic rings. The highest BCUT2D eigenvalue weighted by Crippen LogP contribution is 2.22. The Morgan fingerprint density at radius 3 is 2.52 bits per heavy atom. The number of amides is 1. The average molecular weight is 362 g/mol. The van der Waals surface area contributed by atoms with E-state index >= 15 is 0 Å². The summed E-state index contributed by atoms with van der Waals surface area (Å²) >= 11 is 0. The lowest BCUT2D eigenvalue weighted by atomic mass is 10.1. The summed E-state index contributed by atoms with van der Waals surface area (Å²) in [5, 5.41) is 5.27. The molecule has 1 fully saturated rings. The molecule has 0 saturated carbocycles. The van der Waals surface area contributed by atoms with Crippen LogP contribution in [0.2, 0.25) is 0 Å². The highest BCUT2D eigenvalue weighted by Gasteiger charge is 2.36. The number of hydrogen-bond donors (Lipinski definition) is 0. The molecule has 0 spiro atoms. The standard InChI is InChI=1S/C18H22N2O4S/c1-19(2)20(16-9-10-25(22,23)13-16)18(21)12-24-17-8-7-14-5-3-4-6-15(14)11-17/h3-8,11,16H,9-10,12-13H2,1-2H3/t16-/m1/s1. The number of sulfone groups is 1. The molecule has 1 saturated heterocycles. The third-order valence-electron chi connectivity index (χ3n) is 4.32. The smallest absolute Gasteiger partial charge is 0.275 e. The number of fused-ring (bicyclic) bond motifs is 1. The van der Waals surface area contributed by atoms with Gasteiger partial charge in [0.25, 0.3) is 5.91 Å². The summed E-state index contributed by atoms with van der Waals surface area (Å²) < 4.78 is 29.1. The summed E-state index contributed by atoms with van der Waals surface area (Å²) in [6.45, 7) is -0.132. The third kappa shape index (κ3) is 4.11. The Morgan fingerprint density at radius 1 is 1.16 bits per heavy atom. The van der Waals surface area contributed by atoms with E-state index in [9.17, 15) is 13.2 Å². The van der Waals surface area contributed by atoms with Gasteiger partial charge in [0.15, 0.2) is 16.4 Å². The van der Waals surface area contributed by atoms with E-state index in [0.29, 0.717) is 12.2 Å². The summed E-state index contributed by atoms with van der Waals surface area (Å²) in [4.78, 5) is 12.6. The molecule has 6 nitrogen and oxygen atoms in total. The Labute approximate surface area is 147 Å². The fourth-order valence-electron chi connectivity index (χ4n) is 3.19. The van der Waals surface area contributed by atoms with Crippen LogP contribution >= 0.6 is 0 Å². The number of nitrogens with zero attached hydrogens (tertiary/aromatic N) is 2. The van der Waals surface area contributed by atoms with E-state index < -0.39 is 9.84 Å². The number of hydrogen-bond acceptors (Lipinski definition) is 5. The fraction of sp³-hybridized carbons (Fsp3) is 0.389. The minimum absolute atomic E-state index is 0.00684. The van der Waals surface area contributed by atoms with E-state index in [1.54, 1.807) is 19.1 Å². The molecule has 0 radical (unpaired) electrons. The molecule has 7 heteroatoms. The average Bonchev–Trinajstić information content (AvgIpc) is 2.92. The van der Waals surface area contributed by atoms with Gasteiger partial charge in [0.1, 0.15) is 5.75 Å². The summed E-state index contributed by atoms with van der Waals surface area (Å²) in [5.41, 5.74) is 0. The van der Waals surface area contributed by atoms with Crippen molar-refractivity contribution < 1.29 is 17.9 Å². The second kappa shape index (κ2) is 7.01. The number of ether oxygens (including phenoxy) is 1. The van der Waals surface area contributed by atoms with Crippen molar-refractivity contribution >= 4 is 26.5 Å². The molecule has 1 atom stereocenters. The molecule has 134 valence electrons. The van der Waals surface area contributed by atoms with E-state index in [4.69, 9.17) is 4.74 Å². The number of benzene rings is 2. The first kappa shape index (κ1) is 17.7. The van der Waals surface area contributed by atoms with Crippen LogP contribution in [0.3, 0.4) is 0 Å². The zero-order valence-corrected chi connectivity index (χ0v) is 15.2. The first-order chi connectivity index (χ1) is 11.9. The van der Waals surface area contributed by atoms with Gasteiger partial charge in [-0.15, -0.1) is 0 Å². The van der Waals surface area contributed by atoms with E-state index in [1.165, 1.54) is 5.01 Å². The number of hydrazine groups is 1. The van der Waals surface area contributed by atoms with Crippen LogP contribution < -0.4 is 4.74 Å². The van der Waals surface area contributed by atoms with Gasteiger partial charge in [-0.1, -0.05) is 30.3 Å². The first-order valence-corrected chi connectivity index (χ1v) is 9.99. The molecule has 1 amide bonds. The lowest BCUT2D eigenvalue weighted by Gasteiger charge is -2.33. The highest BCUT2D eigenvalue weighted by molar-refractivity contribution is 7.91. The molecular formula is C18H22N2O4S. The topological polar surface area (TPSA) is 66.9 Å². The molecule has 2 aromatic carbocycles. The monoisotopic (exact) mass is 362 g/mol. The molecule has 1 aliphatic heterocycles. The van der Waals surface area contributed by atoms with Crippen LogP contribution in [-0.4, -0.2) is 62.6 Å².